The van der Waals surface area contributed by atoms with Crippen molar-refractivity contribution in [2.75, 3.05) is 0 Å². The van der Waals surface area contributed by atoms with Crippen LogP contribution in [0.1, 0.15) is 68.6 Å². The molecule has 0 bridgehead atoms. The lowest BCUT2D eigenvalue weighted by Gasteiger charge is -2.56. The number of hydrogen-bond acceptors (Lipinski definition) is 4. The number of carbonyl (C=O) groups excluding carboxylic acids is 3. The second-order valence-electron chi connectivity index (χ2n) is 10.1. The molecule has 4 heteroatoms. The number of ether oxygens (including phenoxy) is 1. The molecule has 0 unspecified atom stereocenters. The van der Waals surface area contributed by atoms with Crippen LogP contribution in [0.4, 0.5) is 0 Å². The smallest absolute Gasteiger partial charge is 0.338 e. The van der Waals surface area contributed by atoms with Gasteiger partial charge in [-0.2, -0.15) is 0 Å². The van der Waals surface area contributed by atoms with Crippen LogP contribution in [0.25, 0.3) is 0 Å². The molecule has 1 aromatic carbocycles. The van der Waals surface area contributed by atoms with Gasteiger partial charge >= 0.3 is 5.97 Å². The van der Waals surface area contributed by atoms with Crippen molar-refractivity contribution in [3.05, 3.63) is 47.5 Å². The van der Waals surface area contributed by atoms with Gasteiger partial charge in [-0.1, -0.05) is 30.7 Å². The van der Waals surface area contributed by atoms with E-state index in [4.69, 9.17) is 4.74 Å². The van der Waals surface area contributed by atoms with Gasteiger partial charge in [0.2, 0.25) is 0 Å². The van der Waals surface area contributed by atoms with Gasteiger partial charge in [0.15, 0.2) is 5.78 Å². The summed E-state index contributed by atoms with van der Waals surface area (Å²) in [5, 5.41) is 0. The van der Waals surface area contributed by atoms with Gasteiger partial charge in [0, 0.05) is 11.8 Å². The highest BCUT2D eigenvalue weighted by atomic mass is 16.5. The first-order chi connectivity index (χ1) is 14.5. The van der Waals surface area contributed by atoms with E-state index in [2.05, 4.69) is 6.92 Å². The van der Waals surface area contributed by atoms with Crippen LogP contribution in [0.5, 0.6) is 0 Å². The summed E-state index contributed by atoms with van der Waals surface area (Å²) in [6.45, 7) is 2.30. The molecule has 0 radical (unpaired) electrons. The van der Waals surface area contributed by atoms with Crippen LogP contribution < -0.4 is 0 Å². The van der Waals surface area contributed by atoms with Gasteiger partial charge in [0.25, 0.3) is 0 Å². The minimum atomic E-state index is -0.434. The molecular weight excluding hydrogens is 376 g/mol. The first-order valence-corrected chi connectivity index (χ1v) is 11.4. The van der Waals surface area contributed by atoms with E-state index in [1.807, 2.05) is 18.2 Å². The molecule has 6 atom stereocenters. The summed E-state index contributed by atoms with van der Waals surface area (Å²) in [5.74, 6) is 1.22. The van der Waals surface area contributed by atoms with Crippen LogP contribution >= 0.6 is 0 Å². The molecule has 4 nitrogen and oxygen atoms in total. The minimum Gasteiger partial charge on any atom is -0.458 e. The van der Waals surface area contributed by atoms with Gasteiger partial charge in [0.05, 0.1) is 11.0 Å². The number of ketones is 1. The van der Waals surface area contributed by atoms with Crippen molar-refractivity contribution in [2.45, 2.75) is 64.4 Å². The predicted molar refractivity (Wildman–Crippen MR) is 113 cm³/mol. The second-order valence-corrected chi connectivity index (χ2v) is 10.1. The number of allylic oxidation sites excluding steroid dienone is 1. The monoisotopic (exact) mass is 406 g/mol. The quantitative estimate of drug-likeness (QED) is 0.528. The Morgan fingerprint density at radius 1 is 1.03 bits per heavy atom. The molecule has 3 fully saturated rings. The fourth-order valence-corrected chi connectivity index (χ4v) is 7.41. The number of fused-ring (bicyclic) bond motifs is 5. The number of hydrogen-bond donors (Lipinski definition) is 0. The molecule has 4 aliphatic rings. The zero-order valence-corrected chi connectivity index (χ0v) is 17.6. The van der Waals surface area contributed by atoms with E-state index in [0.29, 0.717) is 36.2 Å². The third kappa shape index (κ3) is 2.83. The summed E-state index contributed by atoms with van der Waals surface area (Å²) in [7, 11) is 0. The highest BCUT2D eigenvalue weighted by molar-refractivity contribution is 5.93. The van der Waals surface area contributed by atoms with Crippen molar-refractivity contribution < 1.29 is 19.1 Å². The molecule has 1 aromatic rings. The predicted octanol–water partition coefficient (Wildman–Crippen LogP) is 4.92. The fraction of sp³-hybridized carbons (Fsp3) is 0.577. The van der Waals surface area contributed by atoms with Gasteiger partial charge in [-0.15, -0.1) is 0 Å². The van der Waals surface area contributed by atoms with Crippen molar-refractivity contribution in [1.82, 2.24) is 0 Å². The average Bonchev–Trinajstić information content (AvgIpc) is 3.10. The Balaban J connectivity index is 1.39. The Bertz CT molecular complexity index is 903. The highest BCUT2D eigenvalue weighted by Gasteiger charge is 2.61. The molecule has 0 N–H and O–H groups in total. The van der Waals surface area contributed by atoms with E-state index >= 15 is 0 Å². The van der Waals surface area contributed by atoms with Crippen molar-refractivity contribution in [3.8, 4) is 0 Å². The Morgan fingerprint density at radius 3 is 2.60 bits per heavy atom. The summed E-state index contributed by atoms with van der Waals surface area (Å²) in [6, 6.07) is 9.24. The topological polar surface area (TPSA) is 60.4 Å². The van der Waals surface area contributed by atoms with Crippen LogP contribution in [0.3, 0.4) is 0 Å². The SMILES string of the molecule is C[C@@]12CC[C@H]3[C@H](CCC4=CC(=O)CC[C@]43C=O)[C@@H]1CC[C@@H]2OC(=O)c1ccccc1. The highest BCUT2D eigenvalue weighted by Crippen LogP contribution is 2.65. The van der Waals surface area contributed by atoms with Gasteiger partial charge in [0.1, 0.15) is 12.4 Å². The van der Waals surface area contributed by atoms with E-state index in [1.165, 1.54) is 6.29 Å². The molecule has 3 saturated carbocycles. The summed E-state index contributed by atoms with van der Waals surface area (Å²) in [6.07, 6.45) is 9.86. The standard InChI is InChI=1S/C26H30O4/c1-25-13-12-22-20(8-7-18-15-19(28)11-14-26(18,22)16-27)21(25)9-10-23(25)30-24(29)17-5-3-2-4-6-17/h2-6,15-16,20-23H,7-14H2,1H3/t20-,21+,22+,23+,25-,26+/m1/s1. The normalized spacial score (nSPS) is 39.9. The van der Waals surface area contributed by atoms with Crippen molar-refractivity contribution in [2.24, 2.45) is 28.6 Å². The van der Waals surface area contributed by atoms with Crippen LogP contribution in [0.2, 0.25) is 0 Å². The van der Waals surface area contributed by atoms with Gasteiger partial charge in [-0.05, 0) is 80.9 Å². The van der Waals surface area contributed by atoms with Crippen LogP contribution in [0, 0.1) is 28.6 Å². The lowest BCUT2D eigenvalue weighted by Crippen LogP contribution is -2.53. The van der Waals surface area contributed by atoms with Crippen LogP contribution in [-0.2, 0) is 14.3 Å². The maximum absolute atomic E-state index is 12.7. The number of rotatable bonds is 3. The second kappa shape index (κ2) is 7.18. The molecule has 0 aromatic heterocycles. The first kappa shape index (κ1) is 19.7. The van der Waals surface area contributed by atoms with E-state index in [9.17, 15) is 14.4 Å². The number of aldehydes is 1. The maximum Gasteiger partial charge on any atom is 0.338 e. The molecule has 0 saturated heterocycles. The Morgan fingerprint density at radius 2 is 1.83 bits per heavy atom. The lowest BCUT2D eigenvalue weighted by molar-refractivity contribution is -0.130. The van der Waals surface area contributed by atoms with Crippen LogP contribution in [-0.4, -0.2) is 24.1 Å². The lowest BCUT2D eigenvalue weighted by atomic mass is 9.47. The molecular formula is C26H30O4. The van der Waals surface area contributed by atoms with Gasteiger partial charge < -0.3 is 9.53 Å². The summed E-state index contributed by atoms with van der Waals surface area (Å²) < 4.78 is 6.06. The molecule has 5 rings (SSSR count). The Kier molecular flexibility index (Phi) is 4.72. The Hall–Kier alpha value is -2.23. The van der Waals surface area contributed by atoms with Gasteiger partial charge in [-0.25, -0.2) is 4.79 Å². The molecule has 158 valence electrons. The molecule has 0 aliphatic heterocycles. The molecule has 0 amide bonds. The zero-order valence-electron chi connectivity index (χ0n) is 17.6. The molecule has 0 spiro atoms. The van der Waals surface area contributed by atoms with E-state index in [1.54, 1.807) is 18.2 Å². The average molecular weight is 407 g/mol. The van der Waals surface area contributed by atoms with E-state index in [0.717, 1.165) is 44.1 Å². The minimum absolute atomic E-state index is 0.0264. The summed E-state index contributed by atoms with van der Waals surface area (Å²) >= 11 is 0. The van der Waals surface area contributed by atoms with Crippen molar-refractivity contribution in [1.29, 1.82) is 0 Å². The van der Waals surface area contributed by atoms with E-state index < -0.39 is 5.41 Å². The third-order valence-corrected chi connectivity index (χ3v) is 8.95. The zero-order chi connectivity index (χ0) is 20.9. The number of carbonyl (C=O) groups is 3. The third-order valence-electron chi connectivity index (χ3n) is 8.95. The van der Waals surface area contributed by atoms with E-state index in [-0.39, 0.29) is 23.3 Å². The Labute approximate surface area is 178 Å². The summed E-state index contributed by atoms with van der Waals surface area (Å²) in [5.41, 5.74) is 1.24. The number of esters is 1. The first-order valence-electron chi connectivity index (χ1n) is 11.4. The fourth-order valence-electron chi connectivity index (χ4n) is 7.41. The maximum atomic E-state index is 12.7. The molecule has 0 heterocycles. The van der Waals surface area contributed by atoms with Gasteiger partial charge in [-0.3, -0.25) is 4.79 Å². The largest absolute Gasteiger partial charge is 0.458 e. The van der Waals surface area contributed by atoms with Crippen molar-refractivity contribution >= 4 is 18.0 Å². The molecule has 30 heavy (non-hydrogen) atoms. The van der Waals surface area contributed by atoms with Crippen molar-refractivity contribution in [3.63, 3.8) is 0 Å². The molecule has 4 aliphatic carbocycles. The van der Waals surface area contributed by atoms with Crippen LogP contribution in [0.15, 0.2) is 42.0 Å². The number of benzene rings is 1. The summed E-state index contributed by atoms with van der Waals surface area (Å²) in [4.78, 5) is 37.1.